The van der Waals surface area contributed by atoms with Crippen molar-refractivity contribution in [1.82, 2.24) is 4.98 Å². The zero-order valence-electron chi connectivity index (χ0n) is 7.25. The number of aromatic nitrogens is 2. The molecule has 70 valence electrons. The summed E-state index contributed by atoms with van der Waals surface area (Å²) >= 11 is 0. The van der Waals surface area contributed by atoms with E-state index in [1.807, 2.05) is 0 Å². The standard InChI is InChI=1S/C9H7N3O2/c13-12(14)9-3-1-2-8(6-9)11-5-4-10-7-11/h1-7H/p+1. The molecule has 1 heterocycles. The van der Waals surface area contributed by atoms with Gasteiger partial charge in [-0.3, -0.25) is 10.1 Å². The van der Waals surface area contributed by atoms with Crippen LogP contribution in [0.1, 0.15) is 0 Å². The summed E-state index contributed by atoms with van der Waals surface area (Å²) in [6.07, 6.45) is 5.26. The molecule has 0 atom stereocenters. The zero-order valence-corrected chi connectivity index (χ0v) is 7.25. The van der Waals surface area contributed by atoms with E-state index < -0.39 is 4.92 Å². The lowest BCUT2D eigenvalue weighted by molar-refractivity contribution is -0.594. The van der Waals surface area contributed by atoms with Crippen LogP contribution in [0.15, 0.2) is 43.0 Å². The number of imidazole rings is 1. The summed E-state index contributed by atoms with van der Waals surface area (Å²) in [5, 5.41) is 10.5. The van der Waals surface area contributed by atoms with Gasteiger partial charge in [-0.15, -0.1) is 0 Å². The molecule has 14 heavy (non-hydrogen) atoms. The minimum absolute atomic E-state index is 0.0937. The Morgan fingerprint density at radius 1 is 1.43 bits per heavy atom. The number of nitro benzene ring substituents is 1. The average Bonchev–Trinajstić information content (AvgIpc) is 2.71. The quantitative estimate of drug-likeness (QED) is 0.439. The average molecular weight is 190 g/mol. The van der Waals surface area contributed by atoms with Crippen LogP contribution < -0.4 is 4.57 Å². The number of nitro groups is 1. The van der Waals surface area contributed by atoms with Crippen LogP contribution in [-0.2, 0) is 0 Å². The monoisotopic (exact) mass is 190 g/mol. The molecular weight excluding hydrogens is 182 g/mol. The van der Waals surface area contributed by atoms with Crippen LogP contribution in [0.5, 0.6) is 0 Å². The van der Waals surface area contributed by atoms with Gasteiger partial charge in [-0.2, -0.15) is 0 Å². The molecule has 0 radical (unpaired) electrons. The van der Waals surface area contributed by atoms with Crippen LogP contribution in [0, 0.1) is 10.1 Å². The topological polar surface area (TPSA) is 62.8 Å². The molecule has 0 saturated heterocycles. The number of non-ortho nitro benzene ring substituents is 1. The Labute approximate surface area is 79.8 Å². The fraction of sp³-hybridized carbons (Fsp3) is 0. The first-order valence-electron chi connectivity index (χ1n) is 4.06. The highest BCUT2D eigenvalue weighted by Gasteiger charge is 2.09. The molecule has 2 aromatic rings. The predicted octanol–water partition coefficient (Wildman–Crippen LogP) is 1.20. The Balaban J connectivity index is 2.46. The SMILES string of the molecule is O=[N+]([O-])c1cccc(-[n+]2cc[nH]c2)c1. The van der Waals surface area contributed by atoms with Gasteiger partial charge in [0.15, 0.2) is 0 Å². The van der Waals surface area contributed by atoms with Gasteiger partial charge in [-0.25, -0.2) is 9.55 Å². The molecular formula is C9H8N3O2+. The first-order chi connectivity index (χ1) is 6.77. The van der Waals surface area contributed by atoms with Crippen molar-refractivity contribution < 1.29 is 9.49 Å². The van der Waals surface area contributed by atoms with Gasteiger partial charge < -0.3 is 0 Å². The lowest BCUT2D eigenvalue weighted by Gasteiger charge is -1.94. The predicted molar refractivity (Wildman–Crippen MR) is 49.0 cm³/mol. The first-order valence-corrected chi connectivity index (χ1v) is 4.06. The van der Waals surface area contributed by atoms with Gasteiger partial charge in [0, 0.05) is 6.07 Å². The Morgan fingerprint density at radius 2 is 2.29 bits per heavy atom. The number of hydrogen-bond acceptors (Lipinski definition) is 2. The second-order valence-electron chi connectivity index (χ2n) is 2.80. The van der Waals surface area contributed by atoms with E-state index >= 15 is 0 Å². The molecule has 5 heteroatoms. The van der Waals surface area contributed by atoms with E-state index in [4.69, 9.17) is 0 Å². The molecule has 0 aliphatic carbocycles. The van der Waals surface area contributed by atoms with Crippen molar-refractivity contribution in [2.24, 2.45) is 0 Å². The molecule has 1 aromatic heterocycles. The summed E-state index contributed by atoms with van der Waals surface area (Å²) in [4.78, 5) is 13.0. The highest BCUT2D eigenvalue weighted by atomic mass is 16.6. The van der Waals surface area contributed by atoms with Gasteiger partial charge in [0.2, 0.25) is 6.33 Å². The largest absolute Gasteiger partial charge is 0.273 e. The van der Waals surface area contributed by atoms with Crippen molar-refractivity contribution in [3.63, 3.8) is 0 Å². The highest BCUT2D eigenvalue weighted by molar-refractivity contribution is 5.37. The molecule has 0 aliphatic rings. The molecule has 0 fully saturated rings. The lowest BCUT2D eigenvalue weighted by atomic mass is 10.3. The Morgan fingerprint density at radius 3 is 2.93 bits per heavy atom. The van der Waals surface area contributed by atoms with E-state index in [9.17, 15) is 10.1 Å². The molecule has 0 spiro atoms. The van der Waals surface area contributed by atoms with Crippen molar-refractivity contribution in [1.29, 1.82) is 0 Å². The maximum atomic E-state index is 10.5. The van der Waals surface area contributed by atoms with Gasteiger partial charge in [0.05, 0.1) is 11.0 Å². The molecule has 0 amide bonds. The number of H-pyrrole nitrogens is 1. The molecule has 5 nitrogen and oxygen atoms in total. The number of aromatic amines is 1. The van der Waals surface area contributed by atoms with E-state index in [1.165, 1.54) is 12.1 Å². The summed E-state index contributed by atoms with van der Waals surface area (Å²) < 4.78 is 1.77. The van der Waals surface area contributed by atoms with Crippen LogP contribution >= 0.6 is 0 Å². The third kappa shape index (κ3) is 1.47. The Kier molecular flexibility index (Phi) is 1.98. The van der Waals surface area contributed by atoms with Crippen molar-refractivity contribution in [3.8, 4) is 5.69 Å². The molecule has 0 saturated carbocycles. The van der Waals surface area contributed by atoms with E-state index in [1.54, 1.807) is 35.4 Å². The van der Waals surface area contributed by atoms with Crippen molar-refractivity contribution >= 4 is 5.69 Å². The smallest absolute Gasteiger partial charge is 0.258 e. The second-order valence-corrected chi connectivity index (χ2v) is 2.80. The molecule has 2 rings (SSSR count). The van der Waals surface area contributed by atoms with E-state index in [0.717, 1.165) is 5.69 Å². The van der Waals surface area contributed by atoms with Gasteiger partial charge in [0.25, 0.3) is 5.69 Å². The minimum Gasteiger partial charge on any atom is -0.258 e. The summed E-state index contributed by atoms with van der Waals surface area (Å²) in [5.74, 6) is 0. The van der Waals surface area contributed by atoms with Crippen molar-refractivity contribution in [2.45, 2.75) is 0 Å². The minimum atomic E-state index is -0.406. The number of benzene rings is 1. The number of rotatable bonds is 2. The van der Waals surface area contributed by atoms with Crippen molar-refractivity contribution in [2.75, 3.05) is 0 Å². The fourth-order valence-electron chi connectivity index (χ4n) is 1.22. The Hall–Kier alpha value is -2.17. The second kappa shape index (κ2) is 3.29. The van der Waals surface area contributed by atoms with Crippen LogP contribution in [-0.4, -0.2) is 9.91 Å². The van der Waals surface area contributed by atoms with E-state index in [2.05, 4.69) is 4.98 Å². The van der Waals surface area contributed by atoms with Gasteiger partial charge >= 0.3 is 0 Å². The molecule has 0 unspecified atom stereocenters. The summed E-state index contributed by atoms with van der Waals surface area (Å²) in [5.41, 5.74) is 0.858. The fourth-order valence-corrected chi connectivity index (χ4v) is 1.22. The van der Waals surface area contributed by atoms with Crippen LogP contribution in [0.2, 0.25) is 0 Å². The maximum absolute atomic E-state index is 10.5. The van der Waals surface area contributed by atoms with E-state index in [-0.39, 0.29) is 5.69 Å². The Bertz CT molecular complexity index is 451. The molecule has 1 aromatic carbocycles. The number of nitrogens with one attached hydrogen (secondary N) is 1. The van der Waals surface area contributed by atoms with Crippen LogP contribution in [0.4, 0.5) is 5.69 Å². The lowest BCUT2D eigenvalue weighted by Crippen LogP contribution is -2.26. The highest BCUT2D eigenvalue weighted by Crippen LogP contribution is 2.12. The normalized spacial score (nSPS) is 10.0. The van der Waals surface area contributed by atoms with Gasteiger partial charge in [-0.05, 0) is 6.07 Å². The van der Waals surface area contributed by atoms with Gasteiger partial charge in [0.1, 0.15) is 18.1 Å². The first kappa shape index (κ1) is 8.43. The van der Waals surface area contributed by atoms with E-state index in [0.29, 0.717) is 0 Å². The summed E-state index contributed by atoms with van der Waals surface area (Å²) in [6.45, 7) is 0. The maximum Gasteiger partial charge on any atom is 0.273 e. The number of nitrogens with zero attached hydrogens (tertiary/aromatic N) is 2. The zero-order chi connectivity index (χ0) is 9.97. The summed E-state index contributed by atoms with van der Waals surface area (Å²) in [7, 11) is 0. The van der Waals surface area contributed by atoms with Crippen LogP contribution in [0.3, 0.4) is 0 Å². The van der Waals surface area contributed by atoms with Crippen LogP contribution in [0.25, 0.3) is 5.69 Å². The summed E-state index contributed by atoms with van der Waals surface area (Å²) in [6, 6.07) is 6.46. The van der Waals surface area contributed by atoms with Crippen molar-refractivity contribution in [3.05, 3.63) is 53.1 Å². The number of hydrogen-bond donors (Lipinski definition) is 1. The third-order valence-electron chi connectivity index (χ3n) is 1.88. The van der Waals surface area contributed by atoms with Gasteiger partial charge in [-0.1, -0.05) is 6.07 Å². The third-order valence-corrected chi connectivity index (χ3v) is 1.88. The molecule has 0 aliphatic heterocycles. The molecule has 1 N–H and O–H groups in total. The molecule has 0 bridgehead atoms.